The minimum Gasteiger partial charge on any atom is -0.481 e. The van der Waals surface area contributed by atoms with E-state index in [1.54, 1.807) is 6.08 Å². The van der Waals surface area contributed by atoms with E-state index in [9.17, 15) is 29.4 Å². The Balaban J connectivity index is 1.86. The van der Waals surface area contributed by atoms with E-state index in [-0.39, 0.29) is 49.5 Å². The molecule has 10 nitrogen and oxygen atoms in total. The third-order valence-electron chi connectivity index (χ3n) is 8.50. The summed E-state index contributed by atoms with van der Waals surface area (Å²) in [4.78, 5) is 58.8. The van der Waals surface area contributed by atoms with Gasteiger partial charge in [0, 0.05) is 46.9 Å². The van der Waals surface area contributed by atoms with Crippen LogP contribution in [0.2, 0.25) is 0 Å². The molecule has 0 spiro atoms. The van der Waals surface area contributed by atoms with Crippen molar-refractivity contribution in [2.45, 2.75) is 72.8 Å². The Morgan fingerprint density at radius 2 is 1.60 bits per heavy atom. The van der Waals surface area contributed by atoms with Gasteiger partial charge in [-0.1, -0.05) is 18.7 Å². The van der Waals surface area contributed by atoms with Gasteiger partial charge in [-0.25, -0.2) is 4.99 Å². The third-order valence-corrected chi connectivity index (χ3v) is 8.50. The van der Waals surface area contributed by atoms with Crippen LogP contribution in [0.25, 0.3) is 12.2 Å². The van der Waals surface area contributed by atoms with Crippen molar-refractivity contribution in [1.29, 1.82) is 0 Å². The number of rotatable bonds is 11. The lowest BCUT2D eigenvalue weighted by atomic mass is 9.98. The largest absolute Gasteiger partial charge is 0.481 e. The number of nitrogens with one attached hydrogen (secondary N) is 3. The number of nitrogens with zero attached hydrogens (tertiary/aromatic N) is 1. The van der Waals surface area contributed by atoms with E-state index in [0.29, 0.717) is 34.1 Å². The molecule has 0 aromatic carbocycles. The minimum atomic E-state index is -0.922. The fraction of sp³-hybridized carbons (Fsp3) is 0.364. The first-order valence-electron chi connectivity index (χ1n) is 14.3. The van der Waals surface area contributed by atoms with Gasteiger partial charge < -0.3 is 25.5 Å². The molecule has 4 rings (SSSR count). The van der Waals surface area contributed by atoms with Crippen LogP contribution in [0.15, 0.2) is 40.4 Å². The molecule has 2 atom stereocenters. The summed E-state index contributed by atoms with van der Waals surface area (Å²) in [5.41, 5.74) is 7.85. The normalized spacial score (nSPS) is 20.4. The van der Waals surface area contributed by atoms with Gasteiger partial charge in [-0.05, 0) is 93.0 Å². The molecule has 0 aliphatic carbocycles. The lowest BCUT2D eigenvalue weighted by molar-refractivity contribution is -0.138. The SMILES string of the molecule is C=CC1=C(C)[C@H](Cc2[nH]c(/C=c3\[nH]/c(=C\C4=NC(=O)[C@H](C)C4=CC)c(C)c3CCC(=O)O)c(CCC(=O)O)c2C)NC1=O. The highest BCUT2D eigenvalue weighted by molar-refractivity contribution is 6.29. The van der Waals surface area contributed by atoms with Crippen LogP contribution < -0.4 is 16.0 Å². The predicted octanol–water partition coefficient (Wildman–Crippen LogP) is 2.71. The molecule has 0 unspecified atom stereocenters. The molecule has 10 heteroatoms. The molecule has 5 N–H and O–H groups in total. The molecule has 4 heterocycles. The summed E-state index contributed by atoms with van der Waals surface area (Å²) in [7, 11) is 0. The number of aromatic nitrogens is 2. The zero-order chi connectivity index (χ0) is 31.6. The van der Waals surface area contributed by atoms with Crippen LogP contribution in [0, 0.1) is 19.8 Å². The number of carbonyl (C=O) groups excluding carboxylic acids is 2. The van der Waals surface area contributed by atoms with E-state index >= 15 is 0 Å². The highest BCUT2D eigenvalue weighted by Gasteiger charge is 2.29. The van der Waals surface area contributed by atoms with Crippen molar-refractivity contribution in [3.05, 3.63) is 79.8 Å². The molecule has 0 radical (unpaired) electrons. The highest BCUT2D eigenvalue weighted by atomic mass is 16.4. The number of hydrogen-bond donors (Lipinski definition) is 5. The van der Waals surface area contributed by atoms with E-state index in [4.69, 9.17) is 0 Å². The monoisotopic (exact) mass is 586 g/mol. The van der Waals surface area contributed by atoms with Gasteiger partial charge in [0.1, 0.15) is 0 Å². The number of carboxylic acid groups (broad SMARTS) is 2. The second-order valence-corrected chi connectivity index (χ2v) is 11.1. The lowest BCUT2D eigenvalue weighted by Gasteiger charge is -2.12. The summed E-state index contributed by atoms with van der Waals surface area (Å²) in [5.74, 6) is -2.54. The van der Waals surface area contributed by atoms with Crippen molar-refractivity contribution < 1.29 is 29.4 Å². The van der Waals surface area contributed by atoms with Crippen molar-refractivity contribution in [2.24, 2.45) is 10.9 Å². The van der Waals surface area contributed by atoms with Gasteiger partial charge in [0.15, 0.2) is 0 Å². The summed E-state index contributed by atoms with van der Waals surface area (Å²) in [6, 6.07) is -0.226. The quantitative estimate of drug-likeness (QED) is 0.272. The molecule has 226 valence electrons. The number of hydrogen-bond acceptors (Lipinski definition) is 4. The van der Waals surface area contributed by atoms with E-state index in [1.807, 2.05) is 52.8 Å². The molecule has 2 aliphatic heterocycles. The Kier molecular flexibility index (Phi) is 9.18. The molecule has 0 bridgehead atoms. The van der Waals surface area contributed by atoms with Gasteiger partial charge >= 0.3 is 11.9 Å². The third kappa shape index (κ3) is 6.38. The lowest BCUT2D eigenvalue weighted by Crippen LogP contribution is -2.30. The summed E-state index contributed by atoms with van der Waals surface area (Å²) >= 11 is 0. The smallest absolute Gasteiger partial charge is 0.303 e. The number of amides is 2. The summed E-state index contributed by atoms with van der Waals surface area (Å²) in [6.07, 6.45) is 8.05. The van der Waals surface area contributed by atoms with Gasteiger partial charge in [0.25, 0.3) is 11.8 Å². The van der Waals surface area contributed by atoms with Crippen LogP contribution in [-0.4, -0.2) is 55.7 Å². The molecule has 0 saturated heterocycles. The molecule has 0 saturated carbocycles. The average molecular weight is 587 g/mol. The highest BCUT2D eigenvalue weighted by Crippen LogP contribution is 2.27. The molecule has 2 amide bonds. The van der Waals surface area contributed by atoms with Gasteiger partial charge in [-0.3, -0.25) is 19.2 Å². The second-order valence-electron chi connectivity index (χ2n) is 11.1. The topological polar surface area (TPSA) is 165 Å². The predicted molar refractivity (Wildman–Crippen MR) is 164 cm³/mol. The summed E-state index contributed by atoms with van der Waals surface area (Å²) in [6.45, 7) is 13.2. The number of aliphatic carboxylic acids is 2. The van der Waals surface area contributed by atoms with E-state index < -0.39 is 11.9 Å². The van der Waals surface area contributed by atoms with E-state index in [2.05, 4.69) is 26.9 Å². The van der Waals surface area contributed by atoms with Gasteiger partial charge in [0.2, 0.25) is 0 Å². The maximum Gasteiger partial charge on any atom is 0.303 e. The van der Waals surface area contributed by atoms with Crippen molar-refractivity contribution in [3.63, 3.8) is 0 Å². The fourth-order valence-corrected chi connectivity index (χ4v) is 5.90. The molecule has 0 fully saturated rings. The molecular formula is C33H38N4O6. The summed E-state index contributed by atoms with van der Waals surface area (Å²) in [5, 5.41) is 23.3. The minimum absolute atomic E-state index is 0.0640. The second kappa shape index (κ2) is 12.6. The molecule has 2 aromatic rings. The Hall–Kier alpha value is -4.73. The first-order chi connectivity index (χ1) is 20.4. The Morgan fingerprint density at radius 3 is 2.19 bits per heavy atom. The maximum absolute atomic E-state index is 12.4. The van der Waals surface area contributed by atoms with Crippen LogP contribution in [0.3, 0.4) is 0 Å². The molecule has 2 aromatic heterocycles. The van der Waals surface area contributed by atoms with Gasteiger partial charge in [-0.15, -0.1) is 0 Å². The van der Waals surface area contributed by atoms with Crippen molar-refractivity contribution in [2.75, 3.05) is 0 Å². The Bertz CT molecular complexity index is 1750. The van der Waals surface area contributed by atoms with Crippen molar-refractivity contribution in [3.8, 4) is 0 Å². The van der Waals surface area contributed by atoms with E-state index in [1.165, 1.54) is 0 Å². The van der Waals surface area contributed by atoms with Crippen LogP contribution >= 0.6 is 0 Å². The fourth-order valence-electron chi connectivity index (χ4n) is 5.90. The van der Waals surface area contributed by atoms with Gasteiger partial charge in [-0.2, -0.15) is 0 Å². The van der Waals surface area contributed by atoms with Crippen molar-refractivity contribution in [1.82, 2.24) is 15.3 Å². The molecule has 43 heavy (non-hydrogen) atoms. The Labute approximate surface area is 249 Å². The molecule has 2 aliphatic rings. The first kappa shape index (κ1) is 31.2. The van der Waals surface area contributed by atoms with Crippen molar-refractivity contribution >= 4 is 41.6 Å². The number of aliphatic imine (C=N–C) groups is 1. The zero-order valence-corrected chi connectivity index (χ0v) is 25.2. The van der Waals surface area contributed by atoms with Crippen LogP contribution in [0.5, 0.6) is 0 Å². The van der Waals surface area contributed by atoms with Crippen LogP contribution in [0.4, 0.5) is 0 Å². The summed E-state index contributed by atoms with van der Waals surface area (Å²) < 4.78 is 0. The number of allylic oxidation sites excluding steroid dienone is 1. The number of carbonyl (C=O) groups is 4. The Morgan fingerprint density at radius 1 is 0.953 bits per heavy atom. The number of H-pyrrole nitrogens is 2. The first-order valence-corrected chi connectivity index (χ1v) is 14.3. The zero-order valence-electron chi connectivity index (χ0n) is 25.2. The van der Waals surface area contributed by atoms with Crippen LogP contribution in [-0.2, 0) is 38.4 Å². The van der Waals surface area contributed by atoms with Crippen LogP contribution in [0.1, 0.15) is 67.3 Å². The number of carboxylic acids is 2. The van der Waals surface area contributed by atoms with E-state index in [0.717, 1.165) is 39.1 Å². The maximum atomic E-state index is 12.4. The standard InChI is InChI=1S/C33H38N4O6/c1-7-20-19(6)32(42)37-27(20)14-25-18(5)23(10-12-31(40)41)29(35-25)15-28-22(9-11-30(38)39)17(4)24(34-28)13-26-16(3)21(8-2)33(43)36-26/h7-8,14-15,19,26,34-35H,2,9-13H2,1,3-6H3,(H,36,43)(H,38,39)(H,40,41)/b20-7?,25-14-,29-15-/t19-,26+/m1/s1. The average Bonchev–Trinajstić information content (AvgIpc) is 3.59. The van der Waals surface area contributed by atoms with Gasteiger partial charge in [0.05, 0.1) is 17.7 Å². The molecular weight excluding hydrogens is 548 g/mol. The number of aromatic amines is 2.